The van der Waals surface area contributed by atoms with E-state index in [1.165, 1.54) is 0 Å². The molecule has 2 fully saturated rings. The molecule has 1 aliphatic heterocycles. The lowest BCUT2D eigenvalue weighted by Gasteiger charge is -2.39. The SMILES string of the molecule is CCc1cc(C#N)ccc1C(C)NC(=O)[C@H]1CCN(c2ncnc3[nH]ccc23)CC12CC2. The van der Waals surface area contributed by atoms with E-state index in [9.17, 15) is 10.1 Å². The third-order valence-corrected chi connectivity index (χ3v) is 7.25. The number of benzene rings is 1. The number of carbonyl (C=O) groups is 1. The van der Waals surface area contributed by atoms with Crippen molar-refractivity contribution >= 4 is 22.8 Å². The van der Waals surface area contributed by atoms with E-state index in [0.29, 0.717) is 5.56 Å². The van der Waals surface area contributed by atoms with Crippen LogP contribution in [-0.4, -0.2) is 33.9 Å². The van der Waals surface area contributed by atoms with E-state index in [0.717, 1.165) is 66.8 Å². The fourth-order valence-corrected chi connectivity index (χ4v) is 5.32. The fraction of sp³-hybridized carbons (Fsp3) is 0.440. The number of aryl methyl sites for hydroxylation is 1. The second-order valence-corrected chi connectivity index (χ2v) is 9.17. The molecule has 164 valence electrons. The van der Waals surface area contributed by atoms with Gasteiger partial charge in [0.2, 0.25) is 5.91 Å². The number of rotatable bonds is 5. The standard InChI is InChI=1S/C25H28N6O/c1-3-18-12-17(13-26)4-5-19(18)16(2)30-24(32)21-7-11-31(14-25(21)8-9-25)23-20-6-10-27-22(20)28-15-29-23/h4-6,10,12,15-16,21H,3,7-9,11,14H2,1-2H3,(H,30,32)(H,27,28,29)/t16?,21-/m1/s1. The number of nitrogens with one attached hydrogen (secondary N) is 2. The van der Waals surface area contributed by atoms with Gasteiger partial charge in [-0.05, 0) is 67.3 Å². The van der Waals surface area contributed by atoms with Gasteiger partial charge in [-0.15, -0.1) is 0 Å². The van der Waals surface area contributed by atoms with Gasteiger partial charge >= 0.3 is 0 Å². The maximum atomic E-state index is 13.4. The van der Waals surface area contributed by atoms with Crippen molar-refractivity contribution in [3.63, 3.8) is 0 Å². The largest absolute Gasteiger partial charge is 0.355 e. The number of anilines is 1. The lowest BCUT2D eigenvalue weighted by atomic mass is 9.81. The Bertz CT molecular complexity index is 1200. The van der Waals surface area contributed by atoms with Gasteiger partial charge in [-0.3, -0.25) is 4.79 Å². The molecule has 2 atom stereocenters. The number of nitrogens with zero attached hydrogens (tertiary/aromatic N) is 4. The first-order valence-corrected chi connectivity index (χ1v) is 11.4. The van der Waals surface area contributed by atoms with Gasteiger partial charge in [0.15, 0.2) is 0 Å². The molecule has 1 saturated heterocycles. The fourth-order valence-electron chi connectivity index (χ4n) is 5.32. The topological polar surface area (TPSA) is 97.7 Å². The van der Waals surface area contributed by atoms with Crippen LogP contribution < -0.4 is 10.2 Å². The van der Waals surface area contributed by atoms with E-state index in [1.807, 2.05) is 37.4 Å². The number of hydrogen-bond donors (Lipinski definition) is 2. The predicted molar refractivity (Wildman–Crippen MR) is 123 cm³/mol. The molecule has 1 aromatic carbocycles. The van der Waals surface area contributed by atoms with E-state index >= 15 is 0 Å². The highest BCUT2D eigenvalue weighted by molar-refractivity contribution is 5.88. The second kappa shape index (κ2) is 7.94. The lowest BCUT2D eigenvalue weighted by molar-refractivity contribution is -0.128. The second-order valence-electron chi connectivity index (χ2n) is 9.17. The van der Waals surface area contributed by atoms with Crippen LogP contribution in [0.4, 0.5) is 5.82 Å². The van der Waals surface area contributed by atoms with Gasteiger partial charge in [0.25, 0.3) is 0 Å². The Kier molecular flexibility index (Phi) is 5.09. The molecule has 2 aliphatic rings. The van der Waals surface area contributed by atoms with Crippen molar-refractivity contribution < 1.29 is 4.79 Å². The van der Waals surface area contributed by atoms with Crippen molar-refractivity contribution in [2.75, 3.05) is 18.0 Å². The minimum Gasteiger partial charge on any atom is -0.355 e. The van der Waals surface area contributed by atoms with Crippen molar-refractivity contribution in [3.05, 3.63) is 53.5 Å². The summed E-state index contributed by atoms with van der Waals surface area (Å²) in [6.45, 7) is 5.78. The van der Waals surface area contributed by atoms with E-state index in [1.54, 1.807) is 6.33 Å². The smallest absolute Gasteiger partial charge is 0.224 e. The highest BCUT2D eigenvalue weighted by Crippen LogP contribution is 2.56. The molecule has 3 aromatic rings. The van der Waals surface area contributed by atoms with Crippen LogP contribution in [0.1, 0.15) is 55.8 Å². The Hall–Kier alpha value is -3.40. The average Bonchev–Trinajstić information content (AvgIpc) is 3.39. The molecule has 32 heavy (non-hydrogen) atoms. The normalized spacial score (nSPS) is 20.2. The zero-order chi connectivity index (χ0) is 22.3. The summed E-state index contributed by atoms with van der Waals surface area (Å²) in [7, 11) is 0. The monoisotopic (exact) mass is 428 g/mol. The summed E-state index contributed by atoms with van der Waals surface area (Å²) in [5.41, 5.74) is 3.76. The van der Waals surface area contributed by atoms with Gasteiger partial charge in [-0.1, -0.05) is 13.0 Å². The average molecular weight is 429 g/mol. The minimum absolute atomic E-state index is 0.0215. The van der Waals surface area contributed by atoms with Gasteiger partial charge in [0, 0.05) is 25.2 Å². The summed E-state index contributed by atoms with van der Waals surface area (Å²) in [4.78, 5) is 27.7. The summed E-state index contributed by atoms with van der Waals surface area (Å²) in [5.74, 6) is 1.13. The number of aromatic amines is 1. The van der Waals surface area contributed by atoms with Gasteiger partial charge in [0.1, 0.15) is 17.8 Å². The summed E-state index contributed by atoms with van der Waals surface area (Å²) in [6, 6.07) is 9.89. The zero-order valence-electron chi connectivity index (χ0n) is 18.6. The van der Waals surface area contributed by atoms with E-state index in [-0.39, 0.29) is 23.3 Å². The van der Waals surface area contributed by atoms with Gasteiger partial charge in [0.05, 0.1) is 23.1 Å². The predicted octanol–water partition coefficient (Wildman–Crippen LogP) is 3.88. The molecular formula is C25H28N6O. The van der Waals surface area contributed by atoms with E-state index < -0.39 is 0 Å². The van der Waals surface area contributed by atoms with Crippen molar-refractivity contribution in [1.29, 1.82) is 5.26 Å². The molecule has 0 radical (unpaired) electrons. The van der Waals surface area contributed by atoms with Crippen LogP contribution in [0, 0.1) is 22.7 Å². The van der Waals surface area contributed by atoms with Gasteiger partial charge in [-0.2, -0.15) is 5.26 Å². The molecule has 2 aromatic heterocycles. The number of aromatic nitrogens is 3. The van der Waals surface area contributed by atoms with Crippen molar-refractivity contribution in [2.24, 2.45) is 11.3 Å². The first kappa shape index (κ1) is 20.5. The van der Waals surface area contributed by atoms with Crippen molar-refractivity contribution in [3.8, 4) is 6.07 Å². The number of fused-ring (bicyclic) bond motifs is 1. The summed E-state index contributed by atoms with van der Waals surface area (Å²) >= 11 is 0. The van der Waals surface area contributed by atoms with Crippen molar-refractivity contribution in [2.45, 2.75) is 45.6 Å². The molecule has 0 bridgehead atoms. The Morgan fingerprint density at radius 2 is 2.22 bits per heavy atom. The zero-order valence-corrected chi connectivity index (χ0v) is 18.6. The van der Waals surface area contributed by atoms with Crippen molar-refractivity contribution in [1.82, 2.24) is 20.3 Å². The van der Waals surface area contributed by atoms with Crippen LogP contribution in [0.25, 0.3) is 11.0 Å². The van der Waals surface area contributed by atoms with Crippen LogP contribution in [-0.2, 0) is 11.2 Å². The molecule has 7 nitrogen and oxygen atoms in total. The van der Waals surface area contributed by atoms with E-state index in [2.05, 4.69) is 38.2 Å². The Morgan fingerprint density at radius 1 is 1.38 bits per heavy atom. The highest BCUT2D eigenvalue weighted by Gasteiger charge is 2.55. The number of nitriles is 1. The van der Waals surface area contributed by atoms with Crippen LogP contribution in [0.3, 0.4) is 0 Å². The van der Waals surface area contributed by atoms with Crippen LogP contribution >= 0.6 is 0 Å². The summed E-state index contributed by atoms with van der Waals surface area (Å²) in [5, 5.41) is 13.5. The number of hydrogen-bond acceptors (Lipinski definition) is 5. The molecule has 7 heteroatoms. The lowest BCUT2D eigenvalue weighted by Crippen LogP contribution is -2.48. The first-order chi connectivity index (χ1) is 15.5. The quantitative estimate of drug-likeness (QED) is 0.643. The van der Waals surface area contributed by atoms with Crippen LogP contribution in [0.15, 0.2) is 36.8 Å². The molecule has 1 saturated carbocycles. The summed E-state index contributed by atoms with van der Waals surface area (Å²) in [6.07, 6.45) is 7.31. The number of piperidine rings is 1. The van der Waals surface area contributed by atoms with Crippen LogP contribution in [0.2, 0.25) is 0 Å². The molecule has 1 aliphatic carbocycles. The third kappa shape index (κ3) is 3.50. The van der Waals surface area contributed by atoms with Gasteiger partial charge in [-0.25, -0.2) is 9.97 Å². The Morgan fingerprint density at radius 3 is 2.97 bits per heavy atom. The summed E-state index contributed by atoms with van der Waals surface area (Å²) < 4.78 is 0. The van der Waals surface area contributed by atoms with E-state index in [4.69, 9.17) is 0 Å². The maximum absolute atomic E-state index is 13.4. The number of amides is 1. The van der Waals surface area contributed by atoms with Crippen LogP contribution in [0.5, 0.6) is 0 Å². The maximum Gasteiger partial charge on any atom is 0.224 e. The minimum atomic E-state index is -0.0830. The molecular weight excluding hydrogens is 400 g/mol. The Labute approximate surface area is 187 Å². The number of carbonyl (C=O) groups excluding carboxylic acids is 1. The molecule has 2 N–H and O–H groups in total. The Balaban J connectivity index is 1.31. The third-order valence-electron chi connectivity index (χ3n) is 7.25. The number of H-pyrrole nitrogens is 1. The molecule has 3 heterocycles. The molecule has 1 spiro atoms. The molecule has 1 amide bonds. The first-order valence-electron chi connectivity index (χ1n) is 11.4. The molecule has 5 rings (SSSR count). The molecule has 1 unspecified atom stereocenters. The highest BCUT2D eigenvalue weighted by atomic mass is 16.2. The van der Waals surface area contributed by atoms with Gasteiger partial charge < -0.3 is 15.2 Å².